The first kappa shape index (κ1) is 14.5. The monoisotopic (exact) mass is 280 g/mol. The zero-order valence-corrected chi connectivity index (χ0v) is 12.1. The summed E-state index contributed by atoms with van der Waals surface area (Å²) in [7, 11) is 0. The number of aryl methyl sites for hydroxylation is 2. The van der Waals surface area contributed by atoms with E-state index in [2.05, 4.69) is 5.10 Å². The van der Waals surface area contributed by atoms with Gasteiger partial charge in [-0.2, -0.15) is 5.10 Å². The van der Waals surface area contributed by atoms with Gasteiger partial charge in [-0.05, 0) is 33.6 Å². The summed E-state index contributed by atoms with van der Waals surface area (Å²) in [5.41, 5.74) is 0.493. The van der Waals surface area contributed by atoms with Crippen LogP contribution < -0.4 is 4.90 Å². The summed E-state index contributed by atoms with van der Waals surface area (Å²) in [6.07, 6.45) is 1.73. The molecule has 1 aromatic heterocycles. The van der Waals surface area contributed by atoms with E-state index in [4.69, 9.17) is 0 Å². The van der Waals surface area contributed by atoms with Crippen molar-refractivity contribution in [2.75, 3.05) is 18.0 Å². The molecule has 0 radical (unpaired) electrons. The predicted octanol–water partition coefficient (Wildman–Crippen LogP) is 1.93. The Morgan fingerprint density at radius 2 is 2.25 bits per heavy atom. The quantitative estimate of drug-likeness (QED) is 0.621. The van der Waals surface area contributed by atoms with Gasteiger partial charge in [0, 0.05) is 25.6 Å². The van der Waals surface area contributed by atoms with Gasteiger partial charge in [0.25, 0.3) is 0 Å². The van der Waals surface area contributed by atoms with Gasteiger partial charge in [0.2, 0.25) is 5.82 Å². The summed E-state index contributed by atoms with van der Waals surface area (Å²) in [5, 5.41) is 15.5. The Labute approximate surface area is 117 Å². The van der Waals surface area contributed by atoms with Crippen LogP contribution >= 0.6 is 0 Å². The van der Waals surface area contributed by atoms with Crippen molar-refractivity contribution < 1.29 is 9.72 Å². The Morgan fingerprint density at radius 3 is 2.80 bits per heavy atom. The summed E-state index contributed by atoms with van der Waals surface area (Å²) in [4.78, 5) is 24.4. The number of piperidine rings is 1. The number of aromatic nitrogens is 2. The zero-order chi connectivity index (χ0) is 14.9. The first-order valence-electron chi connectivity index (χ1n) is 6.92. The minimum Gasteiger partial charge on any atom is -0.350 e. The summed E-state index contributed by atoms with van der Waals surface area (Å²) in [5.74, 6) is 0.654. The van der Waals surface area contributed by atoms with Crippen molar-refractivity contribution in [1.82, 2.24) is 9.78 Å². The molecule has 1 atom stereocenters. The molecule has 7 heteroatoms. The average molecular weight is 280 g/mol. The third-order valence-electron chi connectivity index (χ3n) is 3.85. The van der Waals surface area contributed by atoms with E-state index < -0.39 is 0 Å². The van der Waals surface area contributed by atoms with Gasteiger partial charge in [-0.3, -0.25) is 14.9 Å². The van der Waals surface area contributed by atoms with Crippen molar-refractivity contribution in [3.63, 3.8) is 0 Å². The molecule has 7 nitrogen and oxygen atoms in total. The molecule has 1 fully saturated rings. The first-order valence-corrected chi connectivity index (χ1v) is 6.92. The highest BCUT2D eigenvalue weighted by Crippen LogP contribution is 2.34. The maximum Gasteiger partial charge on any atom is 0.333 e. The molecule has 0 bridgehead atoms. The van der Waals surface area contributed by atoms with Crippen LogP contribution in [-0.4, -0.2) is 33.6 Å². The first-order chi connectivity index (χ1) is 9.45. The lowest BCUT2D eigenvalue weighted by molar-refractivity contribution is -0.384. The third-order valence-corrected chi connectivity index (χ3v) is 3.85. The fraction of sp³-hybridized carbons (Fsp3) is 0.692. The SMILES string of the molecule is CCn1nc(C)c([N+](=O)[O-])c1N1CCCC(C(C)=O)C1. The number of carbonyl (C=O) groups excluding carboxylic acids is 1. The van der Waals surface area contributed by atoms with E-state index >= 15 is 0 Å². The predicted molar refractivity (Wildman–Crippen MR) is 74.9 cm³/mol. The van der Waals surface area contributed by atoms with Crippen molar-refractivity contribution in [2.45, 2.75) is 40.2 Å². The molecule has 1 aliphatic rings. The van der Waals surface area contributed by atoms with E-state index in [1.54, 1.807) is 18.5 Å². The van der Waals surface area contributed by atoms with E-state index in [1.165, 1.54) is 0 Å². The van der Waals surface area contributed by atoms with Crippen LogP contribution in [0.25, 0.3) is 0 Å². The van der Waals surface area contributed by atoms with Crippen LogP contribution in [-0.2, 0) is 11.3 Å². The van der Waals surface area contributed by atoms with Gasteiger partial charge in [0.1, 0.15) is 11.5 Å². The van der Waals surface area contributed by atoms with Crippen molar-refractivity contribution in [1.29, 1.82) is 0 Å². The largest absolute Gasteiger partial charge is 0.350 e. The second kappa shape index (κ2) is 5.60. The van der Waals surface area contributed by atoms with Gasteiger partial charge in [0.05, 0.1) is 4.92 Å². The molecule has 110 valence electrons. The third kappa shape index (κ3) is 2.52. The molecule has 1 aliphatic heterocycles. The van der Waals surface area contributed by atoms with Crippen molar-refractivity contribution >= 4 is 17.3 Å². The molecule has 20 heavy (non-hydrogen) atoms. The second-order valence-electron chi connectivity index (χ2n) is 5.23. The summed E-state index contributed by atoms with van der Waals surface area (Å²) < 4.78 is 1.66. The van der Waals surface area contributed by atoms with E-state index in [0.717, 1.165) is 19.4 Å². The average Bonchev–Trinajstić information content (AvgIpc) is 2.75. The van der Waals surface area contributed by atoms with Crippen LogP contribution in [0.3, 0.4) is 0 Å². The Balaban J connectivity index is 2.40. The Hall–Kier alpha value is -1.92. The fourth-order valence-corrected chi connectivity index (χ4v) is 2.81. The molecular weight excluding hydrogens is 260 g/mol. The molecule has 1 saturated heterocycles. The minimum atomic E-state index is -0.374. The maximum absolute atomic E-state index is 11.6. The van der Waals surface area contributed by atoms with Crippen LogP contribution in [0.1, 0.15) is 32.4 Å². The lowest BCUT2D eigenvalue weighted by atomic mass is 9.94. The fourth-order valence-electron chi connectivity index (χ4n) is 2.81. The molecule has 1 unspecified atom stereocenters. The molecule has 1 aromatic rings. The number of carbonyl (C=O) groups is 1. The van der Waals surface area contributed by atoms with Crippen molar-refractivity contribution in [3.05, 3.63) is 15.8 Å². The van der Waals surface area contributed by atoms with Crippen molar-refractivity contribution in [2.24, 2.45) is 5.92 Å². The molecule has 0 N–H and O–H groups in total. The Kier molecular flexibility index (Phi) is 4.06. The number of nitrogens with zero attached hydrogens (tertiary/aromatic N) is 4. The number of hydrogen-bond acceptors (Lipinski definition) is 5. The summed E-state index contributed by atoms with van der Waals surface area (Å²) in [6.45, 7) is 7.00. The molecule has 0 spiro atoms. The maximum atomic E-state index is 11.6. The summed E-state index contributed by atoms with van der Waals surface area (Å²) in [6, 6.07) is 0. The van der Waals surface area contributed by atoms with Crippen LogP contribution in [0.2, 0.25) is 0 Å². The zero-order valence-electron chi connectivity index (χ0n) is 12.1. The highest BCUT2D eigenvalue weighted by atomic mass is 16.6. The number of nitro groups is 1. The normalized spacial score (nSPS) is 19.1. The number of hydrogen-bond donors (Lipinski definition) is 0. The van der Waals surface area contributed by atoms with E-state index in [0.29, 0.717) is 24.6 Å². The van der Waals surface area contributed by atoms with Gasteiger partial charge < -0.3 is 4.90 Å². The second-order valence-corrected chi connectivity index (χ2v) is 5.23. The molecule has 0 amide bonds. The molecule has 0 aliphatic carbocycles. The van der Waals surface area contributed by atoms with Crippen LogP contribution in [0, 0.1) is 23.0 Å². The van der Waals surface area contributed by atoms with Crippen LogP contribution in [0.4, 0.5) is 11.5 Å². The van der Waals surface area contributed by atoms with E-state index in [1.807, 2.05) is 11.8 Å². The van der Waals surface area contributed by atoms with Gasteiger partial charge in [-0.15, -0.1) is 0 Å². The summed E-state index contributed by atoms with van der Waals surface area (Å²) >= 11 is 0. The van der Waals surface area contributed by atoms with Crippen molar-refractivity contribution in [3.8, 4) is 0 Å². The van der Waals surface area contributed by atoms with Gasteiger partial charge in [-0.1, -0.05) is 0 Å². The van der Waals surface area contributed by atoms with E-state index in [9.17, 15) is 14.9 Å². The van der Waals surface area contributed by atoms with Crippen LogP contribution in [0.15, 0.2) is 0 Å². The smallest absolute Gasteiger partial charge is 0.333 e. The van der Waals surface area contributed by atoms with Gasteiger partial charge in [0.15, 0.2) is 0 Å². The van der Waals surface area contributed by atoms with Gasteiger partial charge >= 0.3 is 5.69 Å². The Bertz CT molecular complexity index is 538. The van der Waals surface area contributed by atoms with Gasteiger partial charge in [-0.25, -0.2) is 4.68 Å². The standard InChI is InChI=1S/C13H20N4O3/c1-4-16-13(12(17(19)20)9(2)14-16)15-7-5-6-11(8-15)10(3)18/h11H,4-8H2,1-3H3. The highest BCUT2D eigenvalue weighted by Gasteiger charge is 2.33. The van der Waals surface area contributed by atoms with E-state index in [-0.39, 0.29) is 22.3 Å². The number of Topliss-reactive ketones (excluding diaryl/α,β-unsaturated/α-hetero) is 1. The molecule has 0 saturated carbocycles. The number of rotatable bonds is 4. The molecule has 0 aromatic carbocycles. The lowest BCUT2D eigenvalue weighted by Gasteiger charge is -2.32. The Morgan fingerprint density at radius 1 is 1.55 bits per heavy atom. The number of ketones is 1. The van der Waals surface area contributed by atoms with Crippen LogP contribution in [0.5, 0.6) is 0 Å². The minimum absolute atomic E-state index is 0.0381. The molecule has 2 heterocycles. The lowest BCUT2D eigenvalue weighted by Crippen LogP contribution is -2.39. The molecule has 2 rings (SSSR count). The topological polar surface area (TPSA) is 81.3 Å². The number of anilines is 1. The molecular formula is C13H20N4O3. The highest BCUT2D eigenvalue weighted by molar-refractivity contribution is 5.79.